The Labute approximate surface area is 66.9 Å². The van der Waals surface area contributed by atoms with Gasteiger partial charge in [-0.3, -0.25) is 4.79 Å². The minimum absolute atomic E-state index is 0.320. The zero-order chi connectivity index (χ0) is 8.27. The Kier molecular flexibility index (Phi) is 2.88. The summed E-state index contributed by atoms with van der Waals surface area (Å²) in [6, 6.07) is 0. The number of amides is 1. The molecule has 2 N–H and O–H groups in total. The maximum absolute atomic E-state index is 10.8. The smallest absolute Gasteiger partial charge is 0.246 e. The zero-order valence-corrected chi connectivity index (χ0v) is 6.88. The summed E-state index contributed by atoms with van der Waals surface area (Å²) in [5.74, 6) is 0.0527. The van der Waals surface area contributed by atoms with Gasteiger partial charge in [0.15, 0.2) is 0 Å². The van der Waals surface area contributed by atoms with Crippen LogP contribution in [0.3, 0.4) is 0 Å². The van der Waals surface area contributed by atoms with E-state index in [9.17, 15) is 4.79 Å². The molecule has 3 heteroatoms. The van der Waals surface area contributed by atoms with E-state index in [0.29, 0.717) is 5.92 Å². The van der Waals surface area contributed by atoms with Crippen LogP contribution >= 0.6 is 0 Å². The van der Waals surface area contributed by atoms with Crippen molar-refractivity contribution in [1.82, 2.24) is 0 Å². The molecular weight excluding hydrogens is 142 g/mol. The van der Waals surface area contributed by atoms with E-state index in [-0.39, 0.29) is 12.0 Å². The van der Waals surface area contributed by atoms with Crippen molar-refractivity contribution >= 4 is 5.91 Å². The van der Waals surface area contributed by atoms with Gasteiger partial charge < -0.3 is 10.5 Å². The summed E-state index contributed by atoms with van der Waals surface area (Å²) in [5, 5.41) is 0. The Morgan fingerprint density at radius 2 is 2.09 bits per heavy atom. The predicted molar refractivity (Wildman–Crippen MR) is 41.9 cm³/mol. The van der Waals surface area contributed by atoms with Crippen LogP contribution in [-0.4, -0.2) is 19.1 Å². The highest BCUT2D eigenvalue weighted by molar-refractivity contribution is 5.79. The Hall–Kier alpha value is -0.570. The molecule has 1 fully saturated rings. The van der Waals surface area contributed by atoms with Crippen LogP contribution in [0.15, 0.2) is 0 Å². The first kappa shape index (κ1) is 8.53. The molecule has 0 aromatic carbocycles. The Bertz CT molecular complexity index is 141. The number of carbonyl (C=O) groups is 1. The third-order valence-corrected chi connectivity index (χ3v) is 2.36. The maximum atomic E-state index is 10.8. The molecule has 0 bridgehead atoms. The van der Waals surface area contributed by atoms with Gasteiger partial charge in [-0.2, -0.15) is 0 Å². The minimum Gasteiger partial charge on any atom is -0.371 e. The molecule has 1 unspecified atom stereocenters. The number of methoxy groups -OCH3 is 1. The fraction of sp³-hybridized carbons (Fsp3) is 0.875. The van der Waals surface area contributed by atoms with Gasteiger partial charge in [0.25, 0.3) is 0 Å². The summed E-state index contributed by atoms with van der Waals surface area (Å²) < 4.78 is 5.02. The first-order chi connectivity index (χ1) is 5.25. The van der Waals surface area contributed by atoms with Crippen molar-refractivity contribution in [3.05, 3.63) is 0 Å². The van der Waals surface area contributed by atoms with Gasteiger partial charge in [-0.25, -0.2) is 0 Å². The van der Waals surface area contributed by atoms with Crippen LogP contribution in [0.5, 0.6) is 0 Å². The summed E-state index contributed by atoms with van der Waals surface area (Å²) >= 11 is 0. The summed E-state index contributed by atoms with van der Waals surface area (Å²) in [6.07, 6.45) is 4.23. The van der Waals surface area contributed by atoms with Crippen molar-refractivity contribution in [2.75, 3.05) is 7.11 Å². The van der Waals surface area contributed by atoms with Crippen molar-refractivity contribution in [3.8, 4) is 0 Å². The average molecular weight is 157 g/mol. The fourth-order valence-electron chi connectivity index (χ4n) is 1.80. The molecule has 0 saturated heterocycles. The minimum atomic E-state index is -0.350. The van der Waals surface area contributed by atoms with Gasteiger partial charge in [-0.1, -0.05) is 12.8 Å². The van der Waals surface area contributed by atoms with Gasteiger partial charge in [0, 0.05) is 7.11 Å². The zero-order valence-electron chi connectivity index (χ0n) is 6.88. The van der Waals surface area contributed by atoms with Gasteiger partial charge >= 0.3 is 0 Å². The molecule has 0 aliphatic heterocycles. The molecule has 1 atom stereocenters. The van der Waals surface area contributed by atoms with Crippen LogP contribution in [-0.2, 0) is 9.53 Å². The molecule has 1 aliphatic rings. The molecule has 0 radical (unpaired) electrons. The third kappa shape index (κ3) is 1.93. The van der Waals surface area contributed by atoms with Crippen LogP contribution in [0.25, 0.3) is 0 Å². The Balaban J connectivity index is 2.46. The van der Waals surface area contributed by atoms with Gasteiger partial charge in [0.05, 0.1) is 0 Å². The molecule has 0 heterocycles. The normalized spacial score (nSPS) is 21.9. The summed E-state index contributed by atoms with van der Waals surface area (Å²) in [5.41, 5.74) is 5.16. The van der Waals surface area contributed by atoms with Gasteiger partial charge in [-0.05, 0) is 18.8 Å². The van der Waals surface area contributed by atoms with E-state index in [4.69, 9.17) is 10.5 Å². The average Bonchev–Trinajstić information content (AvgIpc) is 2.40. The monoisotopic (exact) mass is 157 g/mol. The van der Waals surface area contributed by atoms with Crippen molar-refractivity contribution in [3.63, 3.8) is 0 Å². The first-order valence-electron chi connectivity index (χ1n) is 4.08. The molecule has 1 saturated carbocycles. The second-order valence-electron chi connectivity index (χ2n) is 3.10. The quantitative estimate of drug-likeness (QED) is 0.654. The summed E-state index contributed by atoms with van der Waals surface area (Å²) in [4.78, 5) is 10.8. The number of primary amides is 1. The number of ether oxygens (including phenoxy) is 1. The predicted octanol–water partition coefficient (Wildman–Crippen LogP) is 0.677. The van der Waals surface area contributed by atoms with Crippen LogP contribution < -0.4 is 5.73 Å². The van der Waals surface area contributed by atoms with Crippen LogP contribution in [0.2, 0.25) is 0 Å². The highest BCUT2D eigenvalue weighted by atomic mass is 16.5. The van der Waals surface area contributed by atoms with Gasteiger partial charge in [0.1, 0.15) is 6.10 Å². The van der Waals surface area contributed by atoms with E-state index in [1.165, 1.54) is 12.8 Å². The van der Waals surface area contributed by atoms with E-state index >= 15 is 0 Å². The molecular formula is C8H15NO2. The highest BCUT2D eigenvalue weighted by Gasteiger charge is 2.28. The number of rotatable bonds is 3. The second-order valence-corrected chi connectivity index (χ2v) is 3.10. The molecule has 1 aliphatic carbocycles. The highest BCUT2D eigenvalue weighted by Crippen LogP contribution is 2.28. The van der Waals surface area contributed by atoms with Crippen molar-refractivity contribution in [1.29, 1.82) is 0 Å². The molecule has 11 heavy (non-hydrogen) atoms. The second kappa shape index (κ2) is 3.72. The molecule has 0 aromatic heterocycles. The summed E-state index contributed by atoms with van der Waals surface area (Å²) in [6.45, 7) is 0. The largest absolute Gasteiger partial charge is 0.371 e. The van der Waals surface area contributed by atoms with Crippen LogP contribution in [0.4, 0.5) is 0 Å². The molecule has 1 amide bonds. The SMILES string of the molecule is COC(C(N)=O)C1CCCC1. The van der Waals surface area contributed by atoms with E-state index < -0.39 is 0 Å². The lowest BCUT2D eigenvalue weighted by atomic mass is 10.0. The number of hydrogen-bond acceptors (Lipinski definition) is 2. The van der Waals surface area contributed by atoms with E-state index in [1.54, 1.807) is 7.11 Å². The lowest BCUT2D eigenvalue weighted by Gasteiger charge is -2.17. The molecule has 0 aromatic rings. The van der Waals surface area contributed by atoms with Gasteiger partial charge in [0.2, 0.25) is 5.91 Å². The lowest BCUT2D eigenvalue weighted by Crippen LogP contribution is -2.35. The van der Waals surface area contributed by atoms with Crippen molar-refractivity contribution < 1.29 is 9.53 Å². The molecule has 3 nitrogen and oxygen atoms in total. The standard InChI is InChI=1S/C8H15NO2/c1-11-7(8(9)10)6-4-2-3-5-6/h6-7H,2-5H2,1H3,(H2,9,10). The van der Waals surface area contributed by atoms with Crippen LogP contribution in [0.1, 0.15) is 25.7 Å². The number of hydrogen-bond donors (Lipinski definition) is 1. The first-order valence-corrected chi connectivity index (χ1v) is 4.08. The third-order valence-electron chi connectivity index (χ3n) is 2.36. The van der Waals surface area contributed by atoms with E-state index in [0.717, 1.165) is 12.8 Å². The van der Waals surface area contributed by atoms with E-state index in [1.807, 2.05) is 0 Å². The fourth-order valence-corrected chi connectivity index (χ4v) is 1.80. The molecule has 1 rings (SSSR count). The van der Waals surface area contributed by atoms with Crippen molar-refractivity contribution in [2.24, 2.45) is 11.7 Å². The van der Waals surface area contributed by atoms with Crippen molar-refractivity contribution in [2.45, 2.75) is 31.8 Å². The maximum Gasteiger partial charge on any atom is 0.246 e. The lowest BCUT2D eigenvalue weighted by molar-refractivity contribution is -0.130. The summed E-state index contributed by atoms with van der Waals surface area (Å²) in [7, 11) is 1.55. The molecule has 0 spiro atoms. The Morgan fingerprint density at radius 3 is 2.45 bits per heavy atom. The Morgan fingerprint density at radius 1 is 1.55 bits per heavy atom. The number of nitrogens with two attached hydrogens (primary N) is 1. The van der Waals surface area contributed by atoms with Crippen LogP contribution in [0, 0.1) is 5.92 Å². The molecule has 64 valence electrons. The topological polar surface area (TPSA) is 52.3 Å². The number of carbonyl (C=O) groups excluding carboxylic acids is 1. The van der Waals surface area contributed by atoms with E-state index in [2.05, 4.69) is 0 Å². The van der Waals surface area contributed by atoms with Gasteiger partial charge in [-0.15, -0.1) is 0 Å².